The minimum atomic E-state index is -0.861. The Morgan fingerprint density at radius 1 is 1.33 bits per heavy atom. The van der Waals surface area contributed by atoms with Crippen molar-refractivity contribution in [3.8, 4) is 0 Å². The first-order chi connectivity index (χ1) is 8.56. The summed E-state index contributed by atoms with van der Waals surface area (Å²) >= 11 is 0. The zero-order chi connectivity index (χ0) is 13.1. The number of benzene rings is 1. The molecule has 0 aliphatic carbocycles. The second kappa shape index (κ2) is 5.50. The molecule has 0 spiro atoms. The van der Waals surface area contributed by atoms with Crippen molar-refractivity contribution in [1.82, 2.24) is 4.90 Å². The van der Waals surface area contributed by atoms with Crippen LogP contribution in [-0.4, -0.2) is 41.3 Å². The summed E-state index contributed by atoms with van der Waals surface area (Å²) in [4.78, 5) is 13.4. The fourth-order valence-electron chi connectivity index (χ4n) is 2.52. The predicted molar refractivity (Wildman–Crippen MR) is 68.7 cm³/mol. The lowest BCUT2D eigenvalue weighted by atomic mass is 10.1. The molecule has 1 aliphatic rings. The Morgan fingerprint density at radius 3 is 2.56 bits per heavy atom. The summed E-state index contributed by atoms with van der Waals surface area (Å²) in [6.07, 6.45) is 0.400. The van der Waals surface area contributed by atoms with Gasteiger partial charge in [-0.05, 0) is 25.5 Å². The Bertz CT molecular complexity index is 423. The van der Waals surface area contributed by atoms with Gasteiger partial charge in [-0.2, -0.15) is 0 Å². The quantitative estimate of drug-likeness (QED) is 0.890. The van der Waals surface area contributed by atoms with Crippen molar-refractivity contribution >= 4 is 5.97 Å². The fraction of sp³-hybridized carbons (Fsp3) is 0.500. The number of hydrogen-bond acceptors (Lipinski definition) is 3. The maximum atomic E-state index is 11.1. The van der Waals surface area contributed by atoms with E-state index in [-0.39, 0.29) is 12.2 Å². The van der Waals surface area contributed by atoms with Crippen molar-refractivity contribution in [2.24, 2.45) is 0 Å². The number of aromatic carboxylic acids is 1. The molecule has 0 aromatic heterocycles. The highest BCUT2D eigenvalue weighted by molar-refractivity contribution is 5.89. The molecule has 1 aromatic rings. The fourth-order valence-corrected chi connectivity index (χ4v) is 2.52. The number of morpholine rings is 1. The molecule has 2 atom stereocenters. The lowest BCUT2D eigenvalue weighted by Crippen LogP contribution is -2.45. The van der Waals surface area contributed by atoms with Crippen LogP contribution in [0.15, 0.2) is 24.3 Å². The van der Waals surface area contributed by atoms with Crippen LogP contribution >= 0.6 is 0 Å². The van der Waals surface area contributed by atoms with Gasteiger partial charge in [0.15, 0.2) is 0 Å². The molecule has 0 saturated carbocycles. The second-order valence-corrected chi connectivity index (χ2v) is 4.91. The Kier molecular flexibility index (Phi) is 3.99. The lowest BCUT2D eigenvalue weighted by Gasteiger charge is -2.35. The summed E-state index contributed by atoms with van der Waals surface area (Å²) in [5, 5.41) is 9.16. The predicted octanol–water partition coefficient (Wildman–Crippen LogP) is 1.99. The Hall–Kier alpha value is -1.39. The standard InChI is InChI=1S/C14H19NO3/c1-10-7-15(8-11(2)18-10)9-12-5-3-4-6-13(12)14(16)17/h3-6,10-11H,7-9H2,1-2H3,(H,16,17). The summed E-state index contributed by atoms with van der Waals surface area (Å²) in [7, 11) is 0. The van der Waals surface area contributed by atoms with Crippen LogP contribution < -0.4 is 0 Å². The smallest absolute Gasteiger partial charge is 0.336 e. The average molecular weight is 249 g/mol. The van der Waals surface area contributed by atoms with Gasteiger partial charge < -0.3 is 9.84 Å². The molecule has 2 unspecified atom stereocenters. The zero-order valence-corrected chi connectivity index (χ0v) is 10.8. The molecule has 0 radical (unpaired) electrons. The van der Waals surface area contributed by atoms with Gasteiger partial charge in [0.2, 0.25) is 0 Å². The van der Waals surface area contributed by atoms with Gasteiger partial charge >= 0.3 is 5.97 Å². The molecule has 4 nitrogen and oxygen atoms in total. The first kappa shape index (κ1) is 13.1. The first-order valence-electron chi connectivity index (χ1n) is 6.25. The van der Waals surface area contributed by atoms with E-state index in [0.29, 0.717) is 12.1 Å². The molecule has 0 bridgehead atoms. The Labute approximate surface area is 107 Å². The van der Waals surface area contributed by atoms with Crippen LogP contribution in [0.4, 0.5) is 0 Å². The van der Waals surface area contributed by atoms with Gasteiger partial charge in [0.1, 0.15) is 0 Å². The summed E-state index contributed by atoms with van der Waals surface area (Å²) in [5.41, 5.74) is 1.26. The van der Waals surface area contributed by atoms with Crippen molar-refractivity contribution < 1.29 is 14.6 Å². The average Bonchev–Trinajstić information content (AvgIpc) is 2.27. The SMILES string of the molecule is CC1CN(Cc2ccccc2C(=O)O)CC(C)O1. The number of nitrogens with zero attached hydrogens (tertiary/aromatic N) is 1. The highest BCUT2D eigenvalue weighted by Gasteiger charge is 2.23. The topological polar surface area (TPSA) is 49.8 Å². The van der Waals surface area contributed by atoms with E-state index >= 15 is 0 Å². The van der Waals surface area contributed by atoms with Gasteiger partial charge in [0.05, 0.1) is 17.8 Å². The maximum absolute atomic E-state index is 11.1. The van der Waals surface area contributed by atoms with Crippen LogP contribution in [0, 0.1) is 0 Å². The molecule has 0 amide bonds. The minimum Gasteiger partial charge on any atom is -0.478 e. The van der Waals surface area contributed by atoms with Crippen molar-refractivity contribution in [2.75, 3.05) is 13.1 Å². The molecule has 18 heavy (non-hydrogen) atoms. The molecule has 1 fully saturated rings. The van der Waals surface area contributed by atoms with Gasteiger partial charge in [-0.1, -0.05) is 18.2 Å². The third kappa shape index (κ3) is 3.09. The van der Waals surface area contributed by atoms with E-state index in [9.17, 15) is 4.79 Å². The van der Waals surface area contributed by atoms with Crippen LogP contribution in [0.5, 0.6) is 0 Å². The second-order valence-electron chi connectivity index (χ2n) is 4.91. The summed E-state index contributed by atoms with van der Waals surface area (Å²) in [5.74, 6) is -0.861. The van der Waals surface area contributed by atoms with Gasteiger partial charge in [-0.25, -0.2) is 4.79 Å². The van der Waals surface area contributed by atoms with Gasteiger partial charge in [0, 0.05) is 19.6 Å². The number of carboxylic acid groups (broad SMARTS) is 1. The van der Waals surface area contributed by atoms with Crippen LogP contribution in [0.25, 0.3) is 0 Å². The van der Waals surface area contributed by atoms with Crippen LogP contribution in [0.3, 0.4) is 0 Å². The summed E-state index contributed by atoms with van der Waals surface area (Å²) in [6, 6.07) is 7.19. The minimum absolute atomic E-state index is 0.200. The van der Waals surface area contributed by atoms with Crippen LogP contribution in [-0.2, 0) is 11.3 Å². The molecule has 1 saturated heterocycles. The van der Waals surface area contributed by atoms with E-state index < -0.39 is 5.97 Å². The molecule has 1 aromatic carbocycles. The Morgan fingerprint density at radius 2 is 1.94 bits per heavy atom. The molecule has 98 valence electrons. The highest BCUT2D eigenvalue weighted by atomic mass is 16.5. The number of ether oxygens (including phenoxy) is 1. The van der Waals surface area contributed by atoms with Crippen molar-refractivity contribution in [3.63, 3.8) is 0 Å². The monoisotopic (exact) mass is 249 g/mol. The van der Waals surface area contributed by atoms with Gasteiger partial charge in [0.25, 0.3) is 0 Å². The number of hydrogen-bond donors (Lipinski definition) is 1. The molecule has 1 aliphatic heterocycles. The molecule has 1 N–H and O–H groups in total. The van der Waals surface area contributed by atoms with Crippen molar-refractivity contribution in [2.45, 2.75) is 32.6 Å². The molecule has 2 rings (SSSR count). The van der Waals surface area contributed by atoms with Crippen LogP contribution in [0.2, 0.25) is 0 Å². The molecular formula is C14H19NO3. The number of carbonyl (C=O) groups is 1. The van der Waals surface area contributed by atoms with E-state index in [1.54, 1.807) is 12.1 Å². The van der Waals surface area contributed by atoms with Crippen molar-refractivity contribution in [1.29, 1.82) is 0 Å². The molecule has 1 heterocycles. The summed E-state index contributed by atoms with van der Waals surface area (Å²) < 4.78 is 5.67. The first-order valence-corrected chi connectivity index (χ1v) is 6.25. The normalized spacial score (nSPS) is 25.0. The van der Waals surface area contributed by atoms with Gasteiger partial charge in [-0.3, -0.25) is 4.90 Å². The lowest BCUT2D eigenvalue weighted by molar-refractivity contribution is -0.0705. The van der Waals surface area contributed by atoms with E-state index in [4.69, 9.17) is 9.84 Å². The highest BCUT2D eigenvalue weighted by Crippen LogP contribution is 2.16. The molecular weight excluding hydrogens is 230 g/mol. The Balaban J connectivity index is 2.11. The van der Waals surface area contributed by atoms with Crippen molar-refractivity contribution in [3.05, 3.63) is 35.4 Å². The van der Waals surface area contributed by atoms with E-state index in [1.807, 2.05) is 26.0 Å². The van der Waals surface area contributed by atoms with E-state index in [0.717, 1.165) is 18.7 Å². The third-order valence-electron chi connectivity index (χ3n) is 3.14. The zero-order valence-electron chi connectivity index (χ0n) is 10.8. The molecule has 4 heteroatoms. The summed E-state index contributed by atoms with van der Waals surface area (Å²) in [6.45, 7) is 6.45. The largest absolute Gasteiger partial charge is 0.478 e. The van der Waals surface area contributed by atoms with Crippen LogP contribution in [0.1, 0.15) is 29.8 Å². The number of carboxylic acids is 1. The maximum Gasteiger partial charge on any atom is 0.336 e. The van der Waals surface area contributed by atoms with E-state index in [1.165, 1.54) is 0 Å². The van der Waals surface area contributed by atoms with Gasteiger partial charge in [-0.15, -0.1) is 0 Å². The number of rotatable bonds is 3. The third-order valence-corrected chi connectivity index (χ3v) is 3.14. The van der Waals surface area contributed by atoms with E-state index in [2.05, 4.69) is 4.90 Å².